The van der Waals surface area contributed by atoms with E-state index in [4.69, 9.17) is 34.8 Å². The summed E-state index contributed by atoms with van der Waals surface area (Å²) in [4.78, 5) is 11.7. The molecule has 2 heterocycles. The molecule has 0 saturated heterocycles. The highest BCUT2D eigenvalue weighted by molar-refractivity contribution is 6.36. The number of nitrogens with one attached hydrogen (secondary N) is 1. The molecule has 1 unspecified atom stereocenters. The van der Waals surface area contributed by atoms with Gasteiger partial charge in [-0.3, -0.25) is 0 Å². The summed E-state index contributed by atoms with van der Waals surface area (Å²) in [5.74, 6) is -0.823. The van der Waals surface area contributed by atoms with Crippen molar-refractivity contribution in [1.82, 2.24) is 20.1 Å². The average Bonchev–Trinajstić information content (AvgIpc) is 3.05. The smallest absolute Gasteiger partial charge is 0.348 e. The third kappa shape index (κ3) is 4.03. The lowest BCUT2D eigenvalue weighted by Gasteiger charge is -2.17. The van der Waals surface area contributed by atoms with Crippen molar-refractivity contribution in [2.45, 2.75) is 18.3 Å². The first-order chi connectivity index (χ1) is 12.3. The molecular weight excluding hydrogens is 411 g/mol. The number of aromatic nitrogens is 4. The molecule has 1 aromatic carbocycles. The Bertz CT molecular complexity index is 894. The molecule has 0 radical (unpaired) electrons. The van der Waals surface area contributed by atoms with Gasteiger partial charge in [0.15, 0.2) is 0 Å². The molecule has 3 rings (SSSR count). The van der Waals surface area contributed by atoms with E-state index in [1.54, 1.807) is 18.2 Å². The monoisotopic (exact) mass is 419 g/mol. The van der Waals surface area contributed by atoms with Crippen molar-refractivity contribution in [2.24, 2.45) is 0 Å². The Morgan fingerprint density at radius 2 is 1.77 bits per heavy atom. The molecule has 0 spiro atoms. The summed E-state index contributed by atoms with van der Waals surface area (Å²) in [6, 6.07) is 4.93. The minimum atomic E-state index is -3.74. The zero-order valence-corrected chi connectivity index (χ0v) is 15.3. The Kier molecular flexibility index (Phi) is 5.27. The Morgan fingerprint density at radius 1 is 1.15 bits per heavy atom. The van der Waals surface area contributed by atoms with Crippen molar-refractivity contribution in [1.29, 1.82) is 0 Å². The molecule has 0 aliphatic heterocycles. The van der Waals surface area contributed by atoms with Crippen LogP contribution in [0.2, 0.25) is 10.0 Å². The fourth-order valence-corrected chi connectivity index (χ4v) is 2.97. The van der Waals surface area contributed by atoms with Crippen molar-refractivity contribution >= 4 is 40.8 Å². The lowest BCUT2D eigenvalue weighted by molar-refractivity contribution is 0.0551. The minimum absolute atomic E-state index is 0.103. The molecule has 6 nitrogen and oxygen atoms in total. The molecule has 0 fully saturated rings. The van der Waals surface area contributed by atoms with Crippen LogP contribution in [0.25, 0.3) is 11.4 Å². The maximum atomic E-state index is 12.9. The molecule has 0 aliphatic carbocycles. The van der Waals surface area contributed by atoms with Gasteiger partial charge in [-0.1, -0.05) is 34.4 Å². The van der Waals surface area contributed by atoms with Crippen molar-refractivity contribution in [3.63, 3.8) is 0 Å². The van der Waals surface area contributed by atoms with Crippen molar-refractivity contribution in [3.8, 4) is 11.4 Å². The summed E-state index contributed by atoms with van der Waals surface area (Å²) in [5.41, 5.74) is 0.991. The number of nitrogens with zero attached hydrogens (tertiary/aromatic N) is 4. The number of alkyl halides is 3. The third-order valence-corrected chi connectivity index (χ3v) is 4.18. The van der Waals surface area contributed by atoms with Crippen LogP contribution >= 0.6 is 34.8 Å². The Hall–Kier alpha value is -2.03. The van der Waals surface area contributed by atoms with Gasteiger partial charge in [-0.25, -0.2) is 9.97 Å². The van der Waals surface area contributed by atoms with Crippen molar-refractivity contribution < 1.29 is 13.3 Å². The van der Waals surface area contributed by atoms with E-state index >= 15 is 0 Å². The van der Waals surface area contributed by atoms with E-state index in [0.29, 0.717) is 15.6 Å². The second-order valence-corrected chi connectivity index (χ2v) is 6.51. The predicted molar refractivity (Wildman–Crippen MR) is 93.6 cm³/mol. The summed E-state index contributed by atoms with van der Waals surface area (Å²) < 4.78 is 30.3. The van der Waals surface area contributed by atoms with Crippen LogP contribution in [0.1, 0.15) is 24.4 Å². The summed E-state index contributed by atoms with van der Waals surface area (Å²) in [5, 5.41) is 3.76. The van der Waals surface area contributed by atoms with Crippen LogP contribution < -0.4 is 5.32 Å². The molecule has 0 amide bonds. The third-order valence-electron chi connectivity index (χ3n) is 3.36. The number of rotatable bonds is 5. The zero-order valence-electron chi connectivity index (χ0n) is 13.1. The minimum Gasteiger partial charge on any atom is -0.348 e. The first kappa shape index (κ1) is 18.8. The molecule has 3 aromatic rings. The van der Waals surface area contributed by atoms with E-state index in [-0.39, 0.29) is 23.4 Å². The standard InChI is InChI=1S/C15H10Cl3F2N5O/c1-7(11-9(16)3-2-4-10(11)17)23-14-21-5-8(6-22-14)12-24-13(26-25-12)15(18,19)20/h2-7H,1H3,(H,21,22,23). The van der Waals surface area contributed by atoms with Gasteiger partial charge >= 0.3 is 11.3 Å². The van der Waals surface area contributed by atoms with E-state index in [9.17, 15) is 8.78 Å². The van der Waals surface area contributed by atoms with E-state index in [2.05, 4.69) is 29.9 Å². The average molecular weight is 421 g/mol. The quantitative estimate of drug-likeness (QED) is 0.565. The first-order valence-electron chi connectivity index (χ1n) is 7.19. The fourth-order valence-electron chi connectivity index (χ4n) is 2.16. The molecule has 0 saturated carbocycles. The van der Waals surface area contributed by atoms with Gasteiger partial charge in [0.2, 0.25) is 11.8 Å². The summed E-state index contributed by atoms with van der Waals surface area (Å²) in [7, 11) is 0. The Balaban J connectivity index is 1.77. The summed E-state index contributed by atoms with van der Waals surface area (Å²) in [6.45, 7) is 1.85. The van der Waals surface area contributed by atoms with Gasteiger partial charge in [0.05, 0.1) is 11.6 Å². The molecule has 0 aliphatic rings. The Labute approximate surface area is 161 Å². The lowest BCUT2D eigenvalue weighted by Crippen LogP contribution is -2.10. The summed E-state index contributed by atoms with van der Waals surface area (Å²) in [6.07, 6.45) is 2.72. The van der Waals surface area contributed by atoms with Crippen molar-refractivity contribution in [3.05, 3.63) is 52.1 Å². The van der Waals surface area contributed by atoms with Gasteiger partial charge in [0, 0.05) is 28.0 Å². The first-order valence-corrected chi connectivity index (χ1v) is 8.33. The number of halogens is 5. The van der Waals surface area contributed by atoms with Gasteiger partial charge in [0.1, 0.15) is 0 Å². The molecule has 2 aromatic heterocycles. The van der Waals surface area contributed by atoms with Gasteiger partial charge in [-0.2, -0.15) is 13.8 Å². The number of hydrogen-bond donors (Lipinski definition) is 1. The zero-order chi connectivity index (χ0) is 18.9. The van der Waals surface area contributed by atoms with Crippen LogP contribution in [0.5, 0.6) is 0 Å². The molecule has 26 heavy (non-hydrogen) atoms. The van der Waals surface area contributed by atoms with Gasteiger partial charge in [-0.05, 0) is 30.7 Å². The van der Waals surface area contributed by atoms with Crippen LogP contribution in [0, 0.1) is 0 Å². The fraction of sp³-hybridized carbons (Fsp3) is 0.200. The van der Waals surface area contributed by atoms with Crippen LogP contribution in [0.15, 0.2) is 35.1 Å². The largest absolute Gasteiger partial charge is 0.400 e. The maximum absolute atomic E-state index is 12.9. The van der Waals surface area contributed by atoms with Gasteiger partial charge in [0.25, 0.3) is 0 Å². The SMILES string of the molecule is CC(Nc1ncc(-c2noc(C(F)(F)Cl)n2)cn1)c1c(Cl)cccc1Cl. The maximum Gasteiger partial charge on any atom is 0.400 e. The molecular formula is C15H10Cl3F2N5O. The highest BCUT2D eigenvalue weighted by Crippen LogP contribution is 2.33. The number of anilines is 1. The molecule has 1 N–H and O–H groups in total. The normalized spacial score (nSPS) is 12.8. The number of benzene rings is 1. The predicted octanol–water partition coefficient (Wildman–Crippen LogP) is 5.29. The van der Waals surface area contributed by atoms with Crippen molar-refractivity contribution in [2.75, 3.05) is 5.32 Å². The van der Waals surface area contributed by atoms with Crippen LogP contribution in [-0.4, -0.2) is 20.1 Å². The number of hydrogen-bond acceptors (Lipinski definition) is 6. The molecule has 0 bridgehead atoms. The second-order valence-electron chi connectivity index (χ2n) is 5.22. The summed E-state index contributed by atoms with van der Waals surface area (Å²) >= 11 is 17.2. The van der Waals surface area contributed by atoms with Crippen LogP contribution in [-0.2, 0) is 5.38 Å². The second kappa shape index (κ2) is 7.30. The van der Waals surface area contributed by atoms with E-state index in [0.717, 1.165) is 0 Å². The van der Waals surface area contributed by atoms with Gasteiger partial charge < -0.3 is 9.84 Å². The Morgan fingerprint density at radius 3 is 2.31 bits per heavy atom. The van der Waals surface area contributed by atoms with E-state index in [1.807, 2.05) is 6.92 Å². The van der Waals surface area contributed by atoms with Crippen LogP contribution in [0.4, 0.5) is 14.7 Å². The van der Waals surface area contributed by atoms with Gasteiger partial charge in [-0.15, -0.1) is 0 Å². The highest BCUT2D eigenvalue weighted by atomic mass is 35.5. The van der Waals surface area contributed by atoms with E-state index in [1.165, 1.54) is 12.4 Å². The molecule has 1 atom stereocenters. The van der Waals surface area contributed by atoms with Crippen LogP contribution in [0.3, 0.4) is 0 Å². The van der Waals surface area contributed by atoms with E-state index < -0.39 is 11.3 Å². The molecule has 136 valence electrons. The topological polar surface area (TPSA) is 76.7 Å². The lowest BCUT2D eigenvalue weighted by atomic mass is 10.1. The molecule has 11 heteroatoms. The highest BCUT2D eigenvalue weighted by Gasteiger charge is 2.35.